The minimum absolute atomic E-state index is 0.466. The molecule has 0 radical (unpaired) electrons. The van der Waals surface area contributed by atoms with Crippen LogP contribution in [0.1, 0.15) is 43.4 Å². The number of benzene rings is 3. The lowest BCUT2D eigenvalue weighted by Crippen LogP contribution is -2.30. The molecule has 31 heavy (non-hydrogen) atoms. The molecule has 3 aromatic carbocycles. The Kier molecular flexibility index (Phi) is 5.89. The van der Waals surface area contributed by atoms with Crippen LogP contribution in [0.5, 0.6) is 0 Å². The highest BCUT2D eigenvalue weighted by Crippen LogP contribution is 2.47. The Balaban J connectivity index is 1.34. The second kappa shape index (κ2) is 8.94. The zero-order valence-electron chi connectivity index (χ0n) is 18.4. The third kappa shape index (κ3) is 4.44. The molecular weight excluding hydrogens is 396 g/mol. The summed E-state index contributed by atoms with van der Waals surface area (Å²) in [6.07, 6.45) is 2.30. The molecule has 1 saturated heterocycles. The molecule has 0 unspecified atom stereocenters. The summed E-state index contributed by atoms with van der Waals surface area (Å²) in [5, 5.41) is 3.47. The molecule has 0 amide bonds. The Morgan fingerprint density at radius 1 is 0.806 bits per heavy atom. The minimum atomic E-state index is 0.466. The van der Waals surface area contributed by atoms with Gasteiger partial charge < -0.3 is 5.32 Å². The van der Waals surface area contributed by atoms with E-state index in [1.165, 1.54) is 37.7 Å². The lowest BCUT2D eigenvalue weighted by atomic mass is 9.88. The molecule has 0 atom stereocenters. The molecule has 5 rings (SSSR count). The van der Waals surface area contributed by atoms with Crippen LogP contribution in [0.3, 0.4) is 0 Å². The van der Waals surface area contributed by atoms with Gasteiger partial charge in [-0.1, -0.05) is 65.9 Å². The van der Waals surface area contributed by atoms with E-state index in [2.05, 4.69) is 96.9 Å². The van der Waals surface area contributed by atoms with Crippen LogP contribution < -0.4 is 5.32 Å². The van der Waals surface area contributed by atoms with E-state index in [1.807, 2.05) is 11.8 Å². The molecule has 2 aliphatic rings. The predicted octanol–water partition coefficient (Wildman–Crippen LogP) is 7.07. The van der Waals surface area contributed by atoms with Gasteiger partial charge in [-0.05, 0) is 73.2 Å². The summed E-state index contributed by atoms with van der Waals surface area (Å²) < 4.78 is 0. The van der Waals surface area contributed by atoms with E-state index in [0.29, 0.717) is 6.04 Å². The standard InChI is InChI=1S/C28H30N2S/c1-20(2)29-23-13-11-21(12-14-23)19-30-17-15-22(16-18-30)28-24-7-3-5-9-26(24)31-27-10-6-4-8-25(27)28/h3-14,20,29H,15-19H2,1-2H3. The first-order valence-corrected chi connectivity index (χ1v) is 12.2. The first-order chi connectivity index (χ1) is 15.2. The van der Waals surface area contributed by atoms with E-state index in [9.17, 15) is 0 Å². The second-order valence-electron chi connectivity index (χ2n) is 8.85. The molecule has 158 valence electrons. The molecule has 0 bridgehead atoms. The van der Waals surface area contributed by atoms with Crippen LogP contribution >= 0.6 is 11.8 Å². The average molecular weight is 427 g/mol. The SMILES string of the molecule is CC(C)Nc1ccc(CN2CCC(=C3c4ccccc4Sc4ccccc43)CC2)cc1. The Morgan fingerprint density at radius 2 is 1.39 bits per heavy atom. The maximum absolute atomic E-state index is 3.47. The van der Waals surface area contributed by atoms with E-state index >= 15 is 0 Å². The fourth-order valence-electron chi connectivity index (χ4n) is 4.70. The van der Waals surface area contributed by atoms with E-state index < -0.39 is 0 Å². The number of likely N-dealkylation sites (tertiary alicyclic amines) is 1. The lowest BCUT2D eigenvalue weighted by molar-refractivity contribution is 0.248. The first-order valence-electron chi connectivity index (χ1n) is 11.3. The highest BCUT2D eigenvalue weighted by Gasteiger charge is 2.25. The number of nitrogens with one attached hydrogen (secondary N) is 1. The van der Waals surface area contributed by atoms with Crippen molar-refractivity contribution in [3.8, 4) is 0 Å². The zero-order valence-corrected chi connectivity index (χ0v) is 19.2. The van der Waals surface area contributed by atoms with Gasteiger partial charge in [-0.2, -0.15) is 0 Å². The fraction of sp³-hybridized carbons (Fsp3) is 0.286. The van der Waals surface area contributed by atoms with Crippen LogP contribution in [-0.4, -0.2) is 24.0 Å². The van der Waals surface area contributed by atoms with Gasteiger partial charge in [-0.15, -0.1) is 0 Å². The van der Waals surface area contributed by atoms with E-state index in [4.69, 9.17) is 0 Å². The van der Waals surface area contributed by atoms with Gasteiger partial charge >= 0.3 is 0 Å². The number of rotatable bonds is 4. The molecule has 0 aliphatic carbocycles. The first kappa shape index (κ1) is 20.4. The molecule has 0 saturated carbocycles. The number of nitrogens with zero attached hydrogens (tertiary/aromatic N) is 1. The van der Waals surface area contributed by atoms with Crippen molar-refractivity contribution < 1.29 is 0 Å². The topological polar surface area (TPSA) is 15.3 Å². The molecule has 3 heteroatoms. The van der Waals surface area contributed by atoms with Gasteiger partial charge in [0.25, 0.3) is 0 Å². The second-order valence-corrected chi connectivity index (χ2v) is 9.93. The molecule has 1 fully saturated rings. The van der Waals surface area contributed by atoms with Crippen LogP contribution in [-0.2, 0) is 6.54 Å². The monoisotopic (exact) mass is 426 g/mol. The van der Waals surface area contributed by atoms with Gasteiger partial charge in [-0.25, -0.2) is 0 Å². The van der Waals surface area contributed by atoms with Gasteiger partial charge in [-0.3, -0.25) is 4.90 Å². The van der Waals surface area contributed by atoms with Crippen LogP contribution in [0.15, 0.2) is 88.2 Å². The van der Waals surface area contributed by atoms with Gasteiger partial charge in [0.15, 0.2) is 0 Å². The summed E-state index contributed by atoms with van der Waals surface area (Å²) in [7, 11) is 0. The molecule has 0 spiro atoms. The summed E-state index contributed by atoms with van der Waals surface area (Å²) in [6, 6.07) is 27.2. The summed E-state index contributed by atoms with van der Waals surface area (Å²) in [6.45, 7) is 7.64. The van der Waals surface area contributed by atoms with Crippen molar-refractivity contribution in [3.63, 3.8) is 0 Å². The van der Waals surface area contributed by atoms with Crippen molar-refractivity contribution in [2.45, 2.75) is 49.1 Å². The van der Waals surface area contributed by atoms with Crippen molar-refractivity contribution in [3.05, 3.63) is 95.1 Å². The molecule has 3 aromatic rings. The molecular formula is C28H30N2S. The number of hydrogen-bond donors (Lipinski definition) is 1. The highest BCUT2D eigenvalue weighted by molar-refractivity contribution is 7.99. The van der Waals surface area contributed by atoms with Crippen molar-refractivity contribution >= 4 is 23.0 Å². The van der Waals surface area contributed by atoms with Gasteiger partial charge in [0.1, 0.15) is 0 Å². The van der Waals surface area contributed by atoms with Crippen molar-refractivity contribution in [1.29, 1.82) is 0 Å². The normalized spacial score (nSPS) is 16.2. The Morgan fingerprint density at radius 3 is 1.97 bits per heavy atom. The van der Waals surface area contributed by atoms with E-state index in [0.717, 1.165) is 32.5 Å². The van der Waals surface area contributed by atoms with Crippen molar-refractivity contribution in [1.82, 2.24) is 4.90 Å². The average Bonchev–Trinajstić information content (AvgIpc) is 2.79. The third-order valence-electron chi connectivity index (χ3n) is 6.16. The van der Waals surface area contributed by atoms with Crippen LogP contribution in [0, 0.1) is 0 Å². The molecule has 0 aromatic heterocycles. The predicted molar refractivity (Wildman–Crippen MR) is 133 cm³/mol. The van der Waals surface area contributed by atoms with Gasteiger partial charge in [0, 0.05) is 41.2 Å². The smallest absolute Gasteiger partial charge is 0.0342 e. The molecule has 1 N–H and O–H groups in total. The Hall–Kier alpha value is -2.49. The summed E-state index contributed by atoms with van der Waals surface area (Å²) in [4.78, 5) is 5.38. The largest absolute Gasteiger partial charge is 0.383 e. The molecule has 2 heterocycles. The summed E-state index contributed by atoms with van der Waals surface area (Å²) in [5.41, 5.74) is 8.56. The van der Waals surface area contributed by atoms with Crippen LogP contribution in [0.25, 0.3) is 5.57 Å². The maximum atomic E-state index is 3.47. The summed E-state index contributed by atoms with van der Waals surface area (Å²) >= 11 is 1.91. The quantitative estimate of drug-likeness (QED) is 0.376. The van der Waals surface area contributed by atoms with Crippen LogP contribution in [0.4, 0.5) is 5.69 Å². The van der Waals surface area contributed by atoms with Crippen LogP contribution in [0.2, 0.25) is 0 Å². The maximum Gasteiger partial charge on any atom is 0.0342 e. The molecule has 2 aliphatic heterocycles. The highest BCUT2D eigenvalue weighted by atomic mass is 32.2. The lowest BCUT2D eigenvalue weighted by Gasteiger charge is -2.32. The fourth-order valence-corrected chi connectivity index (χ4v) is 5.79. The number of hydrogen-bond acceptors (Lipinski definition) is 3. The molecule has 2 nitrogen and oxygen atoms in total. The third-order valence-corrected chi connectivity index (χ3v) is 7.31. The Labute approximate surface area is 190 Å². The van der Waals surface area contributed by atoms with Gasteiger partial charge in [0.2, 0.25) is 0 Å². The number of fused-ring (bicyclic) bond motifs is 2. The zero-order chi connectivity index (χ0) is 21.2. The number of piperidine rings is 1. The van der Waals surface area contributed by atoms with Gasteiger partial charge in [0.05, 0.1) is 0 Å². The minimum Gasteiger partial charge on any atom is -0.383 e. The van der Waals surface area contributed by atoms with Crippen molar-refractivity contribution in [2.75, 3.05) is 18.4 Å². The van der Waals surface area contributed by atoms with Crippen molar-refractivity contribution in [2.24, 2.45) is 0 Å². The Bertz CT molecular complexity index is 1040. The summed E-state index contributed by atoms with van der Waals surface area (Å²) in [5.74, 6) is 0. The van der Waals surface area contributed by atoms with E-state index in [-0.39, 0.29) is 0 Å². The van der Waals surface area contributed by atoms with E-state index in [1.54, 1.807) is 5.57 Å². The number of anilines is 1.